The number of nitrogens with one attached hydrogen (secondary N) is 1. The van der Waals surface area contributed by atoms with E-state index in [9.17, 15) is 9.59 Å². The summed E-state index contributed by atoms with van der Waals surface area (Å²) in [5.41, 5.74) is 4.80. The summed E-state index contributed by atoms with van der Waals surface area (Å²) < 4.78 is 0. The first-order chi connectivity index (χ1) is 9.95. The highest BCUT2D eigenvalue weighted by atomic mass is 16.1. The lowest BCUT2D eigenvalue weighted by molar-refractivity contribution is -0.114. The van der Waals surface area contributed by atoms with E-state index in [0.29, 0.717) is 17.7 Å². The second kappa shape index (κ2) is 6.35. The molecule has 21 heavy (non-hydrogen) atoms. The first kappa shape index (κ1) is 15.0. The molecular formula is C18H19NO2. The molecule has 0 unspecified atom stereocenters. The van der Waals surface area contributed by atoms with Crippen molar-refractivity contribution in [2.24, 2.45) is 0 Å². The van der Waals surface area contributed by atoms with Crippen molar-refractivity contribution in [2.75, 3.05) is 5.32 Å². The summed E-state index contributed by atoms with van der Waals surface area (Å²) in [6.45, 7) is 5.56. The molecular weight excluding hydrogens is 262 g/mol. The van der Waals surface area contributed by atoms with Crippen molar-refractivity contribution >= 4 is 17.4 Å². The second-order valence-electron chi connectivity index (χ2n) is 5.28. The maximum absolute atomic E-state index is 12.3. The second-order valence-corrected chi connectivity index (χ2v) is 5.28. The Balaban J connectivity index is 2.09. The molecule has 0 aromatic heterocycles. The van der Waals surface area contributed by atoms with Crippen LogP contribution >= 0.6 is 0 Å². The lowest BCUT2D eigenvalue weighted by Crippen LogP contribution is -2.07. The van der Waals surface area contributed by atoms with Gasteiger partial charge in [0.2, 0.25) is 5.91 Å². The summed E-state index contributed by atoms with van der Waals surface area (Å²) in [5, 5.41) is 2.68. The van der Waals surface area contributed by atoms with E-state index in [0.717, 1.165) is 5.56 Å². The Bertz CT molecular complexity index is 672. The van der Waals surface area contributed by atoms with Gasteiger partial charge in [-0.2, -0.15) is 0 Å². The summed E-state index contributed by atoms with van der Waals surface area (Å²) in [5.74, 6) is -0.0446. The van der Waals surface area contributed by atoms with Gasteiger partial charge in [-0.3, -0.25) is 9.59 Å². The summed E-state index contributed by atoms with van der Waals surface area (Å²) in [6, 6.07) is 13.1. The molecule has 0 atom stereocenters. The van der Waals surface area contributed by atoms with E-state index in [2.05, 4.69) is 18.3 Å². The number of Topliss-reactive ketones (excluding diaryl/α,β-unsaturated/α-hetero) is 1. The Morgan fingerprint density at radius 3 is 2.19 bits per heavy atom. The van der Waals surface area contributed by atoms with Crippen molar-refractivity contribution in [1.29, 1.82) is 0 Å². The lowest BCUT2D eigenvalue weighted by Gasteiger charge is -2.06. The van der Waals surface area contributed by atoms with E-state index in [1.165, 1.54) is 18.1 Å². The molecule has 1 N–H and O–H groups in total. The number of hydrogen-bond acceptors (Lipinski definition) is 2. The first-order valence-corrected chi connectivity index (χ1v) is 6.92. The molecule has 0 bridgehead atoms. The van der Waals surface area contributed by atoms with E-state index < -0.39 is 0 Å². The molecule has 2 aromatic carbocycles. The molecule has 0 heterocycles. The Hall–Kier alpha value is -2.42. The van der Waals surface area contributed by atoms with Gasteiger partial charge in [-0.1, -0.05) is 18.2 Å². The van der Waals surface area contributed by atoms with Crippen LogP contribution in [0.1, 0.15) is 34.0 Å². The number of aryl methyl sites for hydroxylation is 2. The van der Waals surface area contributed by atoms with Gasteiger partial charge in [-0.15, -0.1) is 0 Å². The highest BCUT2D eigenvalue weighted by Gasteiger charge is 2.08. The maximum atomic E-state index is 12.3. The number of anilines is 1. The average molecular weight is 281 g/mol. The number of rotatable bonds is 4. The normalized spacial score (nSPS) is 10.2. The van der Waals surface area contributed by atoms with Crippen LogP contribution in [0.15, 0.2) is 42.5 Å². The molecule has 0 saturated heterocycles. The number of ketones is 1. The third-order valence-corrected chi connectivity index (χ3v) is 3.46. The Labute approximate surface area is 125 Å². The number of benzene rings is 2. The van der Waals surface area contributed by atoms with Gasteiger partial charge in [-0.25, -0.2) is 0 Å². The van der Waals surface area contributed by atoms with Crippen LogP contribution in [0.4, 0.5) is 5.69 Å². The molecule has 0 radical (unpaired) electrons. The first-order valence-electron chi connectivity index (χ1n) is 6.92. The van der Waals surface area contributed by atoms with Gasteiger partial charge in [-0.05, 0) is 54.8 Å². The summed E-state index contributed by atoms with van der Waals surface area (Å²) >= 11 is 0. The topological polar surface area (TPSA) is 46.2 Å². The monoisotopic (exact) mass is 281 g/mol. The summed E-state index contributed by atoms with van der Waals surface area (Å²) in [4.78, 5) is 23.2. The third kappa shape index (κ3) is 4.02. The largest absolute Gasteiger partial charge is 0.326 e. The molecule has 2 aromatic rings. The molecule has 0 saturated carbocycles. The molecule has 108 valence electrons. The molecule has 3 nitrogen and oxygen atoms in total. The van der Waals surface area contributed by atoms with Crippen LogP contribution in [0, 0.1) is 13.8 Å². The van der Waals surface area contributed by atoms with Gasteiger partial charge in [0.05, 0.1) is 0 Å². The number of carbonyl (C=O) groups is 2. The number of amides is 1. The van der Waals surface area contributed by atoms with Crippen molar-refractivity contribution in [2.45, 2.75) is 27.2 Å². The number of hydrogen-bond donors (Lipinski definition) is 1. The minimum absolute atomic E-state index is 0.0765. The van der Waals surface area contributed by atoms with E-state index in [1.807, 2.05) is 19.1 Å². The SMILES string of the molecule is CC(=O)Nc1ccc(C(=O)Cc2ccc(C)c(C)c2)cc1. The highest BCUT2D eigenvalue weighted by molar-refractivity contribution is 5.98. The fraction of sp³-hybridized carbons (Fsp3) is 0.222. The molecule has 0 aliphatic heterocycles. The van der Waals surface area contributed by atoms with Crippen molar-refractivity contribution in [3.63, 3.8) is 0 Å². The van der Waals surface area contributed by atoms with Crippen molar-refractivity contribution in [1.82, 2.24) is 0 Å². The predicted octanol–water partition coefficient (Wildman–Crippen LogP) is 3.69. The van der Waals surface area contributed by atoms with Gasteiger partial charge in [0.25, 0.3) is 0 Å². The average Bonchev–Trinajstić information content (AvgIpc) is 2.43. The standard InChI is InChI=1S/C18H19NO2/c1-12-4-5-15(10-13(12)2)11-18(21)16-6-8-17(9-7-16)19-14(3)20/h4-10H,11H2,1-3H3,(H,19,20). The quantitative estimate of drug-likeness (QED) is 0.869. The van der Waals surface area contributed by atoms with Gasteiger partial charge < -0.3 is 5.32 Å². The Morgan fingerprint density at radius 2 is 1.62 bits per heavy atom. The van der Waals surface area contributed by atoms with Gasteiger partial charge in [0.1, 0.15) is 0 Å². The van der Waals surface area contributed by atoms with Crippen LogP contribution in [-0.4, -0.2) is 11.7 Å². The van der Waals surface area contributed by atoms with E-state index in [1.54, 1.807) is 24.3 Å². The van der Waals surface area contributed by atoms with Crippen molar-refractivity contribution < 1.29 is 9.59 Å². The fourth-order valence-electron chi connectivity index (χ4n) is 2.14. The van der Waals surface area contributed by atoms with Gasteiger partial charge in [0, 0.05) is 24.6 Å². The van der Waals surface area contributed by atoms with Crippen LogP contribution in [0.2, 0.25) is 0 Å². The predicted molar refractivity (Wildman–Crippen MR) is 84.7 cm³/mol. The molecule has 0 fully saturated rings. The third-order valence-electron chi connectivity index (χ3n) is 3.46. The minimum Gasteiger partial charge on any atom is -0.326 e. The van der Waals surface area contributed by atoms with Crippen LogP contribution in [0.25, 0.3) is 0 Å². The number of carbonyl (C=O) groups excluding carboxylic acids is 2. The fourth-order valence-corrected chi connectivity index (χ4v) is 2.14. The smallest absolute Gasteiger partial charge is 0.221 e. The minimum atomic E-state index is -0.121. The molecule has 0 spiro atoms. The zero-order valence-electron chi connectivity index (χ0n) is 12.6. The molecule has 0 aliphatic carbocycles. The van der Waals surface area contributed by atoms with Crippen LogP contribution in [0.3, 0.4) is 0 Å². The van der Waals surface area contributed by atoms with Crippen LogP contribution < -0.4 is 5.32 Å². The van der Waals surface area contributed by atoms with Crippen LogP contribution in [0.5, 0.6) is 0 Å². The zero-order valence-corrected chi connectivity index (χ0v) is 12.6. The Morgan fingerprint density at radius 1 is 0.952 bits per heavy atom. The Kier molecular flexibility index (Phi) is 4.53. The van der Waals surface area contributed by atoms with Gasteiger partial charge in [0.15, 0.2) is 5.78 Å². The lowest BCUT2D eigenvalue weighted by atomic mass is 9.99. The maximum Gasteiger partial charge on any atom is 0.221 e. The van der Waals surface area contributed by atoms with Crippen molar-refractivity contribution in [3.8, 4) is 0 Å². The molecule has 0 aliphatic rings. The molecule has 3 heteroatoms. The summed E-state index contributed by atoms with van der Waals surface area (Å²) in [7, 11) is 0. The van der Waals surface area contributed by atoms with E-state index in [-0.39, 0.29) is 11.7 Å². The van der Waals surface area contributed by atoms with Crippen molar-refractivity contribution in [3.05, 3.63) is 64.7 Å². The molecule has 2 rings (SSSR count). The van der Waals surface area contributed by atoms with Gasteiger partial charge >= 0.3 is 0 Å². The summed E-state index contributed by atoms with van der Waals surface area (Å²) in [6.07, 6.45) is 0.389. The highest BCUT2D eigenvalue weighted by Crippen LogP contribution is 2.15. The van der Waals surface area contributed by atoms with E-state index >= 15 is 0 Å². The zero-order chi connectivity index (χ0) is 15.4. The van der Waals surface area contributed by atoms with E-state index in [4.69, 9.17) is 0 Å². The van der Waals surface area contributed by atoms with Crippen LogP contribution in [-0.2, 0) is 11.2 Å². The molecule has 1 amide bonds.